The van der Waals surface area contributed by atoms with Crippen molar-refractivity contribution in [1.82, 2.24) is 5.32 Å². The first-order valence-electron chi connectivity index (χ1n) is 5.86. The minimum absolute atomic E-state index is 0.178. The van der Waals surface area contributed by atoms with Gasteiger partial charge in [-0.3, -0.25) is 0 Å². The summed E-state index contributed by atoms with van der Waals surface area (Å²) in [6.45, 7) is 5.73. The first-order chi connectivity index (χ1) is 8.52. The van der Waals surface area contributed by atoms with E-state index in [1.165, 1.54) is 6.08 Å². The highest BCUT2D eigenvalue weighted by Gasteiger charge is 2.15. The zero-order valence-corrected chi connectivity index (χ0v) is 10.4. The van der Waals surface area contributed by atoms with Gasteiger partial charge in [0.15, 0.2) is 11.7 Å². The minimum Gasteiger partial charge on any atom is -0.381 e. The summed E-state index contributed by atoms with van der Waals surface area (Å²) >= 11 is 0. The summed E-state index contributed by atoms with van der Waals surface area (Å²) in [6.07, 6.45) is 1.86. The molecule has 4 nitrogen and oxygen atoms in total. The standard InChI is InChI=1S/C12H19F2N3O/c1-3-9(13)5-4-8(2)7-18-12-16-6-10(14)11(15)17-12/h3,6,8-9,12,16H,1,4-5,7H2,2H3,(H2,15,17). The monoisotopic (exact) mass is 259 g/mol. The van der Waals surface area contributed by atoms with E-state index in [4.69, 9.17) is 10.5 Å². The smallest absolute Gasteiger partial charge is 0.227 e. The predicted octanol–water partition coefficient (Wildman–Crippen LogP) is 2.00. The van der Waals surface area contributed by atoms with Gasteiger partial charge in [-0.1, -0.05) is 13.0 Å². The summed E-state index contributed by atoms with van der Waals surface area (Å²) < 4.78 is 31.1. The third-order valence-corrected chi connectivity index (χ3v) is 2.58. The molecule has 0 fully saturated rings. The Labute approximate surface area is 106 Å². The van der Waals surface area contributed by atoms with Gasteiger partial charge in [-0.05, 0) is 18.8 Å². The zero-order valence-electron chi connectivity index (χ0n) is 10.4. The molecule has 0 aliphatic carbocycles. The van der Waals surface area contributed by atoms with Crippen LogP contribution < -0.4 is 11.1 Å². The van der Waals surface area contributed by atoms with E-state index in [1.807, 2.05) is 6.92 Å². The van der Waals surface area contributed by atoms with Crippen molar-refractivity contribution in [3.63, 3.8) is 0 Å². The van der Waals surface area contributed by atoms with Crippen LogP contribution in [0, 0.1) is 5.92 Å². The van der Waals surface area contributed by atoms with Crippen LogP contribution in [0.1, 0.15) is 19.8 Å². The number of hydrogen-bond donors (Lipinski definition) is 2. The number of hydrogen-bond acceptors (Lipinski definition) is 4. The minimum atomic E-state index is -0.981. The highest BCUT2D eigenvalue weighted by atomic mass is 19.1. The number of nitrogens with two attached hydrogens (primary N) is 1. The molecular formula is C12H19F2N3O. The van der Waals surface area contributed by atoms with Crippen molar-refractivity contribution in [3.05, 3.63) is 24.7 Å². The Balaban J connectivity index is 2.23. The molecular weight excluding hydrogens is 240 g/mol. The molecule has 1 rings (SSSR count). The van der Waals surface area contributed by atoms with E-state index in [1.54, 1.807) is 0 Å². The largest absolute Gasteiger partial charge is 0.381 e. The lowest BCUT2D eigenvalue weighted by atomic mass is 10.0. The van der Waals surface area contributed by atoms with Gasteiger partial charge in [-0.2, -0.15) is 0 Å². The number of amidine groups is 1. The molecule has 0 aromatic carbocycles. The molecule has 0 spiro atoms. The second-order valence-electron chi connectivity index (χ2n) is 4.29. The maximum absolute atomic E-state index is 12.9. The number of aliphatic imine (C=N–C) groups is 1. The van der Waals surface area contributed by atoms with E-state index in [0.717, 1.165) is 6.20 Å². The molecule has 3 atom stereocenters. The van der Waals surface area contributed by atoms with E-state index in [0.29, 0.717) is 19.4 Å². The Bertz CT molecular complexity index is 344. The molecule has 1 aliphatic heterocycles. The van der Waals surface area contributed by atoms with Crippen molar-refractivity contribution in [2.45, 2.75) is 32.3 Å². The van der Waals surface area contributed by atoms with Crippen LogP contribution in [-0.4, -0.2) is 25.0 Å². The van der Waals surface area contributed by atoms with E-state index in [-0.39, 0.29) is 11.8 Å². The summed E-state index contributed by atoms with van der Waals surface area (Å²) in [5.41, 5.74) is 5.32. The second-order valence-corrected chi connectivity index (χ2v) is 4.29. The fourth-order valence-electron chi connectivity index (χ4n) is 1.43. The molecule has 1 aliphatic rings. The van der Waals surface area contributed by atoms with Crippen LogP contribution in [0.5, 0.6) is 0 Å². The molecule has 3 N–H and O–H groups in total. The van der Waals surface area contributed by atoms with Crippen molar-refractivity contribution >= 4 is 5.84 Å². The Kier molecular flexibility index (Phi) is 5.77. The third-order valence-electron chi connectivity index (χ3n) is 2.58. The van der Waals surface area contributed by atoms with Crippen molar-refractivity contribution in [2.24, 2.45) is 16.6 Å². The van der Waals surface area contributed by atoms with Crippen LogP contribution in [0.25, 0.3) is 0 Å². The summed E-state index contributed by atoms with van der Waals surface area (Å²) in [5.74, 6) is -0.604. The quantitative estimate of drug-likeness (QED) is 0.687. The molecule has 1 heterocycles. The van der Waals surface area contributed by atoms with Crippen LogP contribution >= 0.6 is 0 Å². The Morgan fingerprint density at radius 2 is 2.39 bits per heavy atom. The van der Waals surface area contributed by atoms with E-state index in [9.17, 15) is 8.78 Å². The van der Waals surface area contributed by atoms with Crippen LogP contribution in [0.15, 0.2) is 29.7 Å². The fraction of sp³-hybridized carbons (Fsp3) is 0.583. The van der Waals surface area contributed by atoms with Crippen molar-refractivity contribution in [3.8, 4) is 0 Å². The van der Waals surface area contributed by atoms with Gasteiger partial charge in [-0.15, -0.1) is 6.58 Å². The van der Waals surface area contributed by atoms with Gasteiger partial charge in [0.2, 0.25) is 6.35 Å². The van der Waals surface area contributed by atoms with Gasteiger partial charge in [0, 0.05) is 6.20 Å². The lowest BCUT2D eigenvalue weighted by Crippen LogP contribution is -2.34. The zero-order chi connectivity index (χ0) is 13.5. The van der Waals surface area contributed by atoms with Crippen molar-refractivity contribution < 1.29 is 13.5 Å². The van der Waals surface area contributed by atoms with Crippen LogP contribution in [0.4, 0.5) is 8.78 Å². The molecule has 0 saturated heterocycles. The molecule has 3 unspecified atom stereocenters. The molecule has 0 aromatic heterocycles. The summed E-state index contributed by atoms with van der Waals surface area (Å²) in [6, 6.07) is 0. The van der Waals surface area contributed by atoms with E-state index in [2.05, 4.69) is 16.9 Å². The number of alkyl halides is 1. The number of halogens is 2. The van der Waals surface area contributed by atoms with Gasteiger partial charge in [0.05, 0.1) is 6.61 Å². The first-order valence-corrected chi connectivity index (χ1v) is 5.86. The van der Waals surface area contributed by atoms with Crippen LogP contribution in [-0.2, 0) is 4.74 Å². The maximum atomic E-state index is 12.9. The van der Waals surface area contributed by atoms with E-state index >= 15 is 0 Å². The van der Waals surface area contributed by atoms with Crippen molar-refractivity contribution in [2.75, 3.05) is 6.61 Å². The molecule has 0 radical (unpaired) electrons. The van der Waals surface area contributed by atoms with Gasteiger partial charge >= 0.3 is 0 Å². The third kappa shape index (κ3) is 4.83. The lowest BCUT2D eigenvalue weighted by Gasteiger charge is -2.20. The van der Waals surface area contributed by atoms with Gasteiger partial charge in [-0.25, -0.2) is 13.8 Å². The van der Waals surface area contributed by atoms with Gasteiger partial charge in [0.25, 0.3) is 0 Å². The van der Waals surface area contributed by atoms with Crippen molar-refractivity contribution in [1.29, 1.82) is 0 Å². The fourth-order valence-corrected chi connectivity index (χ4v) is 1.43. The van der Waals surface area contributed by atoms with Gasteiger partial charge < -0.3 is 15.8 Å². The molecule has 18 heavy (non-hydrogen) atoms. The Hall–Kier alpha value is -1.43. The molecule has 0 bridgehead atoms. The summed E-state index contributed by atoms with van der Waals surface area (Å²) in [7, 11) is 0. The van der Waals surface area contributed by atoms with Crippen LogP contribution in [0.3, 0.4) is 0 Å². The maximum Gasteiger partial charge on any atom is 0.227 e. The number of nitrogens with zero attached hydrogens (tertiary/aromatic N) is 1. The topological polar surface area (TPSA) is 59.6 Å². The Morgan fingerprint density at radius 3 is 3.00 bits per heavy atom. The highest BCUT2D eigenvalue weighted by Crippen LogP contribution is 2.13. The molecule has 102 valence electrons. The Morgan fingerprint density at radius 1 is 1.67 bits per heavy atom. The predicted molar refractivity (Wildman–Crippen MR) is 67.2 cm³/mol. The normalized spacial score (nSPS) is 22.5. The average molecular weight is 259 g/mol. The summed E-state index contributed by atoms with van der Waals surface area (Å²) in [5, 5.41) is 2.61. The van der Waals surface area contributed by atoms with Crippen LogP contribution in [0.2, 0.25) is 0 Å². The SMILES string of the molecule is C=CC(F)CCC(C)COC1N=C(N)C(F)=CN1. The van der Waals surface area contributed by atoms with Gasteiger partial charge in [0.1, 0.15) is 6.17 Å². The lowest BCUT2D eigenvalue weighted by molar-refractivity contribution is 0.0214. The number of rotatable bonds is 7. The average Bonchev–Trinajstić information content (AvgIpc) is 2.37. The van der Waals surface area contributed by atoms with E-state index < -0.39 is 18.4 Å². The first kappa shape index (κ1) is 14.6. The second kappa shape index (κ2) is 7.10. The number of allylic oxidation sites excluding steroid dienone is 1. The molecule has 6 heteroatoms. The molecule has 0 aromatic rings. The highest BCUT2D eigenvalue weighted by molar-refractivity contribution is 5.95. The number of ether oxygens (including phenoxy) is 1. The summed E-state index contributed by atoms with van der Waals surface area (Å²) in [4.78, 5) is 3.77. The molecule has 0 amide bonds. The molecule has 0 saturated carbocycles. The number of nitrogens with one attached hydrogen (secondary N) is 1.